The van der Waals surface area contributed by atoms with Gasteiger partial charge in [-0.05, 0) is 69.9 Å². The molecule has 1 saturated heterocycles. The van der Waals surface area contributed by atoms with E-state index in [0.717, 1.165) is 21.6 Å². The van der Waals surface area contributed by atoms with E-state index in [9.17, 15) is 19.7 Å². The van der Waals surface area contributed by atoms with Crippen LogP contribution in [0.4, 0.5) is 10.5 Å². The van der Waals surface area contributed by atoms with Crippen LogP contribution in [-0.2, 0) is 17.9 Å². The molecule has 1 N–H and O–H groups in total. The molecule has 1 fully saturated rings. The van der Waals surface area contributed by atoms with E-state index in [4.69, 9.17) is 9.47 Å². The first-order valence-electron chi connectivity index (χ1n) is 10.9. The van der Waals surface area contributed by atoms with E-state index in [2.05, 4.69) is 21.2 Å². The van der Waals surface area contributed by atoms with Crippen molar-refractivity contribution in [2.24, 2.45) is 0 Å². The average Bonchev–Trinajstić information content (AvgIpc) is 3.11. The lowest BCUT2D eigenvalue weighted by atomic mass is 10.1. The number of hydrogen-bond acceptors (Lipinski definition) is 6. The summed E-state index contributed by atoms with van der Waals surface area (Å²) in [6, 6.07) is 16.6. The molecule has 1 aliphatic heterocycles. The van der Waals surface area contributed by atoms with Crippen molar-refractivity contribution in [3.8, 4) is 11.5 Å². The second kappa shape index (κ2) is 10.6. The van der Waals surface area contributed by atoms with Crippen LogP contribution in [0.25, 0.3) is 6.08 Å². The number of nitrogens with one attached hydrogen (secondary N) is 1. The van der Waals surface area contributed by atoms with Gasteiger partial charge < -0.3 is 14.8 Å². The molecule has 0 atom stereocenters. The number of nitro groups is 1. The monoisotopic (exact) mass is 551 g/mol. The summed E-state index contributed by atoms with van der Waals surface area (Å²) in [5, 5.41) is 13.5. The zero-order valence-electron chi connectivity index (χ0n) is 19.5. The molecule has 0 spiro atoms. The molecular weight excluding hydrogens is 530 g/mol. The van der Waals surface area contributed by atoms with E-state index in [-0.39, 0.29) is 24.5 Å². The summed E-state index contributed by atoms with van der Waals surface area (Å²) in [6.45, 7) is 2.30. The second-order valence-corrected chi connectivity index (χ2v) is 8.97. The number of carbonyl (C=O) groups is 2. The summed E-state index contributed by atoms with van der Waals surface area (Å²) in [5.74, 6) is 0.418. The van der Waals surface area contributed by atoms with Crippen LogP contribution in [0.2, 0.25) is 0 Å². The van der Waals surface area contributed by atoms with Crippen molar-refractivity contribution in [1.82, 2.24) is 10.2 Å². The van der Waals surface area contributed by atoms with Crippen molar-refractivity contribution in [2.45, 2.75) is 20.1 Å². The summed E-state index contributed by atoms with van der Waals surface area (Å²) in [5.41, 5.74) is 3.46. The number of nitro benzene ring substituents is 1. The highest BCUT2D eigenvalue weighted by Gasteiger charge is 2.33. The molecule has 184 valence electrons. The highest BCUT2D eigenvalue weighted by Crippen LogP contribution is 2.38. The number of benzene rings is 3. The average molecular weight is 552 g/mol. The van der Waals surface area contributed by atoms with Crippen molar-refractivity contribution in [1.29, 1.82) is 0 Å². The third-order valence-electron chi connectivity index (χ3n) is 5.52. The first kappa shape index (κ1) is 24.9. The number of methoxy groups -OCH3 is 1. The van der Waals surface area contributed by atoms with Crippen LogP contribution < -0.4 is 14.8 Å². The number of carbonyl (C=O) groups excluding carboxylic acids is 2. The van der Waals surface area contributed by atoms with Gasteiger partial charge in [0.2, 0.25) is 0 Å². The van der Waals surface area contributed by atoms with E-state index in [0.29, 0.717) is 21.5 Å². The van der Waals surface area contributed by atoms with Gasteiger partial charge in [0.25, 0.3) is 11.6 Å². The zero-order chi connectivity index (χ0) is 25.8. The first-order chi connectivity index (χ1) is 17.2. The molecule has 4 rings (SSSR count). The summed E-state index contributed by atoms with van der Waals surface area (Å²) >= 11 is 3.48. The maximum absolute atomic E-state index is 12.9. The molecule has 9 nitrogen and oxygen atoms in total. The van der Waals surface area contributed by atoms with Crippen LogP contribution in [0.15, 0.2) is 70.8 Å². The Morgan fingerprint density at radius 1 is 1.06 bits per heavy atom. The molecular formula is C26H22BrN3O6. The van der Waals surface area contributed by atoms with Gasteiger partial charge in [-0.3, -0.25) is 19.8 Å². The fraction of sp³-hybridized carbons (Fsp3) is 0.154. The smallest absolute Gasteiger partial charge is 0.329 e. The molecule has 36 heavy (non-hydrogen) atoms. The van der Waals surface area contributed by atoms with Crippen molar-refractivity contribution in [2.75, 3.05) is 7.11 Å². The maximum Gasteiger partial charge on any atom is 0.329 e. The van der Waals surface area contributed by atoms with E-state index < -0.39 is 16.9 Å². The number of amides is 3. The van der Waals surface area contributed by atoms with Crippen LogP contribution >= 0.6 is 15.9 Å². The second-order valence-electron chi connectivity index (χ2n) is 8.11. The molecule has 3 aromatic rings. The number of hydrogen-bond donors (Lipinski definition) is 1. The Bertz CT molecular complexity index is 1350. The van der Waals surface area contributed by atoms with Crippen molar-refractivity contribution in [3.63, 3.8) is 0 Å². The summed E-state index contributed by atoms with van der Waals surface area (Å²) in [7, 11) is 1.49. The summed E-state index contributed by atoms with van der Waals surface area (Å²) in [4.78, 5) is 36.8. The number of ether oxygens (including phenoxy) is 2. The Labute approximate surface area is 215 Å². The lowest BCUT2D eigenvalue weighted by molar-refractivity contribution is -0.384. The van der Waals surface area contributed by atoms with Crippen LogP contribution in [0, 0.1) is 17.0 Å². The molecule has 0 unspecified atom stereocenters. The largest absolute Gasteiger partial charge is 0.493 e. The number of non-ortho nitro benzene ring substituents is 1. The number of aryl methyl sites for hydroxylation is 1. The molecule has 1 heterocycles. The van der Waals surface area contributed by atoms with Crippen LogP contribution in [0.1, 0.15) is 22.3 Å². The Morgan fingerprint density at radius 3 is 2.36 bits per heavy atom. The third-order valence-corrected chi connectivity index (χ3v) is 6.11. The van der Waals surface area contributed by atoms with Crippen LogP contribution in [-0.4, -0.2) is 28.9 Å². The minimum absolute atomic E-state index is 0.000818. The Kier molecular flexibility index (Phi) is 7.35. The van der Waals surface area contributed by atoms with Crippen LogP contribution in [0.3, 0.4) is 0 Å². The van der Waals surface area contributed by atoms with Gasteiger partial charge in [-0.25, -0.2) is 4.79 Å². The minimum Gasteiger partial charge on any atom is -0.493 e. The molecule has 0 saturated carbocycles. The van der Waals surface area contributed by atoms with E-state index in [1.54, 1.807) is 30.3 Å². The van der Waals surface area contributed by atoms with Gasteiger partial charge in [-0.15, -0.1) is 0 Å². The predicted octanol–water partition coefficient (Wildman–Crippen LogP) is 5.35. The number of rotatable bonds is 8. The van der Waals surface area contributed by atoms with Gasteiger partial charge in [0.05, 0.1) is 23.1 Å². The normalized spacial score (nSPS) is 14.2. The van der Waals surface area contributed by atoms with E-state index in [1.165, 1.54) is 19.2 Å². The first-order valence-corrected chi connectivity index (χ1v) is 11.7. The van der Waals surface area contributed by atoms with Crippen molar-refractivity contribution in [3.05, 3.63) is 103 Å². The van der Waals surface area contributed by atoms with E-state index >= 15 is 0 Å². The lowest BCUT2D eigenvalue weighted by Crippen LogP contribution is -2.30. The molecule has 0 radical (unpaired) electrons. The van der Waals surface area contributed by atoms with Gasteiger partial charge >= 0.3 is 6.03 Å². The molecule has 0 aliphatic carbocycles. The molecule has 0 bridgehead atoms. The molecule has 3 aromatic carbocycles. The molecule has 0 aromatic heterocycles. The number of nitrogens with zero attached hydrogens (tertiary/aromatic N) is 2. The van der Waals surface area contributed by atoms with Gasteiger partial charge in [0.1, 0.15) is 12.3 Å². The Morgan fingerprint density at radius 2 is 1.72 bits per heavy atom. The van der Waals surface area contributed by atoms with E-state index in [1.807, 2.05) is 31.2 Å². The highest BCUT2D eigenvalue weighted by atomic mass is 79.9. The topological polar surface area (TPSA) is 111 Å². The zero-order valence-corrected chi connectivity index (χ0v) is 21.1. The maximum atomic E-state index is 12.9. The molecule has 1 aliphatic rings. The number of urea groups is 1. The number of imide groups is 1. The van der Waals surface area contributed by atoms with Gasteiger partial charge in [-0.2, -0.15) is 0 Å². The number of halogens is 1. The summed E-state index contributed by atoms with van der Waals surface area (Å²) in [6.07, 6.45) is 1.57. The van der Waals surface area contributed by atoms with Gasteiger partial charge in [0.15, 0.2) is 11.5 Å². The highest BCUT2D eigenvalue weighted by molar-refractivity contribution is 9.10. The summed E-state index contributed by atoms with van der Waals surface area (Å²) < 4.78 is 11.9. The third kappa shape index (κ3) is 5.55. The van der Waals surface area contributed by atoms with Gasteiger partial charge in [-0.1, -0.05) is 29.8 Å². The fourth-order valence-electron chi connectivity index (χ4n) is 3.59. The lowest BCUT2D eigenvalue weighted by Gasteiger charge is -2.14. The Hall–Kier alpha value is -4.18. The van der Waals surface area contributed by atoms with Crippen LogP contribution in [0.5, 0.6) is 11.5 Å². The minimum atomic E-state index is -0.485. The quantitative estimate of drug-likeness (QED) is 0.175. The van der Waals surface area contributed by atoms with Crippen molar-refractivity contribution >= 4 is 39.6 Å². The Balaban J connectivity index is 1.50. The molecule has 3 amide bonds. The SMILES string of the molecule is COc1cc(/C=C2/NC(=O)N(Cc3ccc(C)cc3)C2=O)cc(Br)c1OCc1ccc([N+](=O)[O-])cc1. The van der Waals surface area contributed by atoms with Crippen molar-refractivity contribution < 1.29 is 24.0 Å². The molecule has 10 heteroatoms. The standard InChI is InChI=1S/C26H22BrN3O6/c1-16-3-5-17(6-4-16)14-29-25(31)22(28-26(29)32)12-19-11-21(27)24(23(13-19)35-2)36-15-18-7-9-20(10-8-18)30(33)34/h3-13H,14-15H2,1-2H3,(H,28,32)/b22-12+. The fourth-order valence-corrected chi connectivity index (χ4v) is 4.16. The predicted molar refractivity (Wildman–Crippen MR) is 136 cm³/mol. The van der Waals surface area contributed by atoms with Gasteiger partial charge in [0, 0.05) is 12.1 Å².